The summed E-state index contributed by atoms with van der Waals surface area (Å²) in [6.07, 6.45) is 0. The maximum atomic E-state index is 13.4. The highest BCUT2D eigenvalue weighted by Gasteiger charge is 2.25. The highest BCUT2D eigenvalue weighted by Crippen LogP contribution is 2.21. The van der Waals surface area contributed by atoms with Gasteiger partial charge in [0.2, 0.25) is 15.9 Å². The van der Waals surface area contributed by atoms with Crippen LogP contribution >= 0.6 is 0 Å². The maximum Gasteiger partial charge on any atom is 0.243 e. The van der Waals surface area contributed by atoms with Crippen molar-refractivity contribution in [1.29, 1.82) is 0 Å². The number of benzene rings is 3. The largest absolute Gasteiger partial charge is 0.352 e. The van der Waals surface area contributed by atoms with Crippen molar-refractivity contribution in [3.05, 3.63) is 102 Å². The van der Waals surface area contributed by atoms with Crippen LogP contribution < -0.4 is 5.32 Å². The quantitative estimate of drug-likeness (QED) is 0.618. The van der Waals surface area contributed by atoms with Crippen LogP contribution in [0.1, 0.15) is 23.6 Å². The van der Waals surface area contributed by atoms with Gasteiger partial charge in [-0.05, 0) is 28.8 Å². The number of nitrogens with one attached hydrogen (secondary N) is 1. The van der Waals surface area contributed by atoms with Crippen LogP contribution in [0.25, 0.3) is 0 Å². The van der Waals surface area contributed by atoms with E-state index in [2.05, 4.69) is 5.32 Å². The molecule has 0 saturated carbocycles. The predicted molar refractivity (Wildman–Crippen MR) is 113 cm³/mol. The topological polar surface area (TPSA) is 66.5 Å². The minimum atomic E-state index is -3.70. The second kappa shape index (κ2) is 9.49. The smallest absolute Gasteiger partial charge is 0.243 e. The van der Waals surface area contributed by atoms with Gasteiger partial charge in [-0.2, -0.15) is 4.31 Å². The van der Waals surface area contributed by atoms with E-state index < -0.39 is 10.0 Å². The molecule has 150 valence electrons. The number of rotatable bonds is 8. The van der Waals surface area contributed by atoms with Crippen molar-refractivity contribution in [1.82, 2.24) is 9.62 Å². The van der Waals surface area contributed by atoms with Crippen LogP contribution in [0.4, 0.5) is 0 Å². The molecule has 0 unspecified atom stereocenters. The molecule has 29 heavy (non-hydrogen) atoms. The summed E-state index contributed by atoms with van der Waals surface area (Å²) in [6, 6.07) is 25.8. The van der Waals surface area contributed by atoms with E-state index in [0.29, 0.717) is 6.54 Å². The second-order valence-electron chi connectivity index (χ2n) is 6.80. The van der Waals surface area contributed by atoms with Crippen molar-refractivity contribution in [2.24, 2.45) is 0 Å². The lowest BCUT2D eigenvalue weighted by Crippen LogP contribution is -2.30. The molecule has 0 saturated heterocycles. The van der Waals surface area contributed by atoms with Gasteiger partial charge in [0.15, 0.2) is 0 Å². The third-order valence-corrected chi connectivity index (χ3v) is 6.31. The summed E-state index contributed by atoms with van der Waals surface area (Å²) < 4.78 is 28.2. The Labute approximate surface area is 172 Å². The minimum absolute atomic E-state index is 0.126. The van der Waals surface area contributed by atoms with E-state index >= 15 is 0 Å². The molecule has 3 aromatic rings. The van der Waals surface area contributed by atoms with Gasteiger partial charge in [-0.15, -0.1) is 0 Å². The van der Waals surface area contributed by atoms with Crippen LogP contribution in [0.2, 0.25) is 0 Å². The van der Waals surface area contributed by atoms with Gasteiger partial charge >= 0.3 is 0 Å². The molecule has 0 fully saturated rings. The van der Waals surface area contributed by atoms with Crippen molar-refractivity contribution in [3.63, 3.8) is 0 Å². The Morgan fingerprint density at radius 3 is 1.69 bits per heavy atom. The molecule has 0 aliphatic rings. The lowest BCUT2D eigenvalue weighted by atomic mass is 10.2. The molecular weight excluding hydrogens is 384 g/mol. The molecule has 0 aliphatic carbocycles. The zero-order valence-corrected chi connectivity index (χ0v) is 17.1. The van der Waals surface area contributed by atoms with Crippen LogP contribution in [-0.2, 0) is 34.5 Å². The summed E-state index contributed by atoms with van der Waals surface area (Å²) in [6.45, 7) is 2.38. The molecular formula is C23H24N2O3S. The first kappa shape index (κ1) is 20.8. The molecule has 3 aromatic carbocycles. The van der Waals surface area contributed by atoms with Crippen molar-refractivity contribution in [2.75, 3.05) is 0 Å². The second-order valence-corrected chi connectivity index (χ2v) is 8.74. The maximum absolute atomic E-state index is 13.4. The minimum Gasteiger partial charge on any atom is -0.352 e. The van der Waals surface area contributed by atoms with Crippen LogP contribution in [-0.4, -0.2) is 18.6 Å². The SMILES string of the molecule is CC(=O)NCc1ccc(S(=O)(=O)N(Cc2ccccc2)Cc2ccccc2)cc1. The Morgan fingerprint density at radius 2 is 1.24 bits per heavy atom. The molecule has 0 radical (unpaired) electrons. The Kier molecular flexibility index (Phi) is 6.80. The number of sulfonamides is 1. The molecule has 1 N–H and O–H groups in total. The molecule has 1 amide bonds. The fourth-order valence-electron chi connectivity index (χ4n) is 2.95. The highest BCUT2D eigenvalue weighted by molar-refractivity contribution is 7.89. The molecule has 0 heterocycles. The summed E-state index contributed by atoms with van der Waals surface area (Å²) in [5.74, 6) is -0.126. The van der Waals surface area contributed by atoms with Gasteiger partial charge in [0.1, 0.15) is 0 Å². The Morgan fingerprint density at radius 1 is 0.759 bits per heavy atom. The third-order valence-electron chi connectivity index (χ3n) is 4.51. The molecule has 0 aliphatic heterocycles. The standard InChI is InChI=1S/C23H24N2O3S/c1-19(26)24-16-20-12-14-23(15-13-20)29(27,28)25(17-21-8-4-2-5-9-21)18-22-10-6-3-7-11-22/h2-15H,16-18H2,1H3,(H,24,26). The van der Waals surface area contributed by atoms with Gasteiger partial charge in [0.05, 0.1) is 4.90 Å². The fraction of sp³-hybridized carbons (Fsp3) is 0.174. The normalized spacial score (nSPS) is 11.4. The van der Waals surface area contributed by atoms with E-state index in [-0.39, 0.29) is 23.9 Å². The van der Waals surface area contributed by atoms with Crippen LogP contribution in [0.3, 0.4) is 0 Å². The van der Waals surface area contributed by atoms with E-state index in [1.165, 1.54) is 11.2 Å². The third kappa shape index (κ3) is 5.76. The van der Waals surface area contributed by atoms with Crippen LogP contribution in [0.15, 0.2) is 89.8 Å². The number of amides is 1. The number of hydrogen-bond donors (Lipinski definition) is 1. The first-order chi connectivity index (χ1) is 13.9. The lowest BCUT2D eigenvalue weighted by molar-refractivity contribution is -0.119. The van der Waals surface area contributed by atoms with Gasteiger partial charge < -0.3 is 5.32 Å². The summed E-state index contributed by atoms with van der Waals surface area (Å²) in [5, 5.41) is 2.71. The van der Waals surface area contributed by atoms with Crippen molar-refractivity contribution in [3.8, 4) is 0 Å². The predicted octanol–water partition coefficient (Wildman–Crippen LogP) is 3.71. The van der Waals surface area contributed by atoms with E-state index in [4.69, 9.17) is 0 Å². The summed E-state index contributed by atoms with van der Waals surface area (Å²) in [4.78, 5) is 11.3. The zero-order chi connectivity index (χ0) is 20.7. The first-order valence-corrected chi connectivity index (χ1v) is 10.8. The average molecular weight is 409 g/mol. The fourth-order valence-corrected chi connectivity index (χ4v) is 4.37. The first-order valence-electron chi connectivity index (χ1n) is 9.36. The molecule has 0 spiro atoms. The van der Waals surface area contributed by atoms with E-state index in [1.807, 2.05) is 60.7 Å². The van der Waals surface area contributed by atoms with Crippen LogP contribution in [0, 0.1) is 0 Å². The van der Waals surface area contributed by atoms with E-state index in [9.17, 15) is 13.2 Å². The van der Waals surface area contributed by atoms with Crippen molar-refractivity contribution >= 4 is 15.9 Å². The Hall–Kier alpha value is -2.96. The van der Waals surface area contributed by atoms with Crippen molar-refractivity contribution in [2.45, 2.75) is 31.5 Å². The molecule has 6 heteroatoms. The average Bonchev–Trinajstić information content (AvgIpc) is 2.73. The number of carbonyl (C=O) groups is 1. The number of nitrogens with zero attached hydrogens (tertiary/aromatic N) is 1. The lowest BCUT2D eigenvalue weighted by Gasteiger charge is -2.23. The van der Waals surface area contributed by atoms with Crippen LogP contribution in [0.5, 0.6) is 0 Å². The van der Waals surface area contributed by atoms with Crippen molar-refractivity contribution < 1.29 is 13.2 Å². The number of carbonyl (C=O) groups excluding carboxylic acids is 1. The summed E-state index contributed by atoms with van der Waals surface area (Å²) in [5.41, 5.74) is 2.69. The van der Waals surface area contributed by atoms with Gasteiger partial charge in [-0.3, -0.25) is 4.79 Å². The zero-order valence-electron chi connectivity index (χ0n) is 16.3. The molecule has 0 atom stereocenters. The highest BCUT2D eigenvalue weighted by atomic mass is 32.2. The van der Waals surface area contributed by atoms with E-state index in [1.54, 1.807) is 24.3 Å². The molecule has 3 rings (SSSR count). The summed E-state index contributed by atoms with van der Waals surface area (Å²) >= 11 is 0. The van der Waals surface area contributed by atoms with E-state index in [0.717, 1.165) is 16.7 Å². The summed E-state index contributed by atoms with van der Waals surface area (Å²) in [7, 11) is -3.70. The molecule has 5 nitrogen and oxygen atoms in total. The Balaban J connectivity index is 1.87. The van der Waals surface area contributed by atoms with Gasteiger partial charge in [0.25, 0.3) is 0 Å². The Bertz CT molecular complexity index is 993. The molecule has 0 bridgehead atoms. The monoisotopic (exact) mass is 408 g/mol. The van der Waals surface area contributed by atoms with Gasteiger partial charge in [0, 0.05) is 26.6 Å². The van der Waals surface area contributed by atoms with Gasteiger partial charge in [-0.1, -0.05) is 72.8 Å². The molecule has 0 aromatic heterocycles. The number of hydrogen-bond acceptors (Lipinski definition) is 3. The van der Waals surface area contributed by atoms with Gasteiger partial charge in [-0.25, -0.2) is 8.42 Å².